The number of amides is 1. The summed E-state index contributed by atoms with van der Waals surface area (Å²) in [5.41, 5.74) is 2.05. The van der Waals surface area contributed by atoms with Crippen molar-refractivity contribution in [2.75, 3.05) is 13.2 Å². The van der Waals surface area contributed by atoms with Gasteiger partial charge in [-0.15, -0.1) is 0 Å². The molecule has 0 radical (unpaired) electrons. The predicted molar refractivity (Wildman–Crippen MR) is 162 cm³/mol. The van der Waals surface area contributed by atoms with Crippen molar-refractivity contribution >= 4 is 6.09 Å². The Labute approximate surface area is 253 Å². The number of aliphatic hydroxyl groups is 5. The van der Waals surface area contributed by atoms with E-state index in [1.807, 2.05) is 0 Å². The van der Waals surface area contributed by atoms with Gasteiger partial charge in [-0.2, -0.15) is 0 Å². The predicted octanol–water partition coefficient (Wildman–Crippen LogP) is 4.56. The minimum atomic E-state index is -1.73. The molecule has 12 atom stereocenters. The molecule has 0 aromatic rings. The molecule has 0 unspecified atom stereocenters. The molecule has 0 aromatic carbocycles. The summed E-state index contributed by atoms with van der Waals surface area (Å²) in [5, 5.41) is 50.7. The van der Waals surface area contributed by atoms with Crippen LogP contribution in [0.25, 0.3) is 0 Å². The average molecular weight is 594 g/mol. The van der Waals surface area contributed by atoms with Gasteiger partial charge in [0.25, 0.3) is 0 Å². The van der Waals surface area contributed by atoms with Gasteiger partial charge in [-0.3, -0.25) is 0 Å². The van der Waals surface area contributed by atoms with Crippen LogP contribution in [0.15, 0.2) is 11.6 Å². The Morgan fingerprint density at radius 1 is 0.976 bits per heavy atom. The van der Waals surface area contributed by atoms with Gasteiger partial charge in [0.1, 0.15) is 24.4 Å². The summed E-state index contributed by atoms with van der Waals surface area (Å²) in [6.07, 6.45) is 8.14. The summed E-state index contributed by atoms with van der Waals surface area (Å²) >= 11 is 0. The van der Waals surface area contributed by atoms with E-state index in [1.165, 1.54) is 50.5 Å². The van der Waals surface area contributed by atoms with Crippen molar-refractivity contribution in [1.82, 2.24) is 5.32 Å². The number of nitrogens with one attached hydrogen (secondary N) is 1. The first kappa shape index (κ1) is 33.7. The number of hydrogen-bond acceptors (Lipinski definition) is 7. The van der Waals surface area contributed by atoms with Crippen molar-refractivity contribution in [3.63, 3.8) is 0 Å². The van der Waals surface area contributed by atoms with Crippen LogP contribution in [-0.4, -0.2) is 75.3 Å². The molecule has 4 aliphatic rings. The van der Waals surface area contributed by atoms with E-state index in [2.05, 4.69) is 46.0 Å². The number of ether oxygens (including phenoxy) is 1. The van der Waals surface area contributed by atoms with Crippen LogP contribution in [0.3, 0.4) is 0 Å². The molecule has 0 aromatic heterocycles. The van der Waals surface area contributed by atoms with E-state index in [0.717, 1.165) is 55.3 Å². The van der Waals surface area contributed by atoms with Crippen molar-refractivity contribution in [2.24, 2.45) is 46.3 Å². The third-order valence-corrected chi connectivity index (χ3v) is 12.3. The topological polar surface area (TPSA) is 139 Å². The fourth-order valence-corrected chi connectivity index (χ4v) is 9.82. The molecule has 0 bridgehead atoms. The van der Waals surface area contributed by atoms with Crippen LogP contribution in [0, 0.1) is 46.3 Å². The number of allylic oxidation sites excluding steroid dienone is 1. The van der Waals surface area contributed by atoms with Crippen LogP contribution in [-0.2, 0) is 4.74 Å². The molecule has 8 nitrogen and oxygen atoms in total. The minimum absolute atomic E-state index is 0.158. The standard InChI is InChI=1S/C34H59NO7/c1-20(2)7-6-8-21(3)25-11-12-26-24-10-9-22-17-23(13-15-33(22,4)27(24)14-16-34(25,26)5)42-32(41)35-18-28(37)30(39)31(40)29(38)19-36/h9,20-21,23-31,36-40H,6-8,10-19H2,1-5H3,(H,35,41)/t21-,23+,24+,25-,26+,27+,28-,29-,30-,31+,33-,34+/m0/s1. The van der Waals surface area contributed by atoms with Gasteiger partial charge in [0.2, 0.25) is 0 Å². The molecule has 0 saturated heterocycles. The molecular formula is C34H59NO7. The fraction of sp³-hybridized carbons (Fsp3) is 0.912. The Morgan fingerprint density at radius 3 is 2.38 bits per heavy atom. The largest absolute Gasteiger partial charge is 0.446 e. The molecule has 4 rings (SSSR count). The van der Waals surface area contributed by atoms with Gasteiger partial charge in [0, 0.05) is 13.0 Å². The van der Waals surface area contributed by atoms with Gasteiger partial charge in [-0.1, -0.05) is 65.5 Å². The number of rotatable bonds is 12. The molecule has 0 aliphatic heterocycles. The second kappa shape index (κ2) is 13.8. The van der Waals surface area contributed by atoms with E-state index in [1.54, 1.807) is 0 Å². The fourth-order valence-electron chi connectivity index (χ4n) is 9.82. The van der Waals surface area contributed by atoms with E-state index in [0.29, 0.717) is 11.3 Å². The molecule has 3 saturated carbocycles. The zero-order chi connectivity index (χ0) is 30.8. The molecule has 3 fully saturated rings. The maximum absolute atomic E-state index is 12.5. The summed E-state index contributed by atoms with van der Waals surface area (Å²) in [6.45, 7) is 11.2. The second-order valence-electron chi connectivity index (χ2n) is 15.2. The number of alkyl carbamates (subject to hydrolysis) is 1. The average Bonchev–Trinajstić information content (AvgIpc) is 3.31. The van der Waals surface area contributed by atoms with Crippen LogP contribution in [0.4, 0.5) is 4.79 Å². The number of carbonyl (C=O) groups is 1. The summed E-state index contributed by atoms with van der Waals surface area (Å²) in [4.78, 5) is 12.5. The lowest BCUT2D eigenvalue weighted by atomic mass is 9.47. The lowest BCUT2D eigenvalue weighted by molar-refractivity contribution is -0.113. The third-order valence-electron chi connectivity index (χ3n) is 12.3. The molecule has 4 aliphatic carbocycles. The molecule has 1 amide bonds. The highest BCUT2D eigenvalue weighted by atomic mass is 16.6. The Morgan fingerprint density at radius 2 is 1.69 bits per heavy atom. The van der Waals surface area contributed by atoms with Gasteiger partial charge < -0.3 is 35.6 Å². The van der Waals surface area contributed by atoms with Crippen molar-refractivity contribution < 1.29 is 35.1 Å². The molecule has 0 heterocycles. The first-order chi connectivity index (χ1) is 19.8. The molecular weight excluding hydrogens is 534 g/mol. The minimum Gasteiger partial charge on any atom is -0.446 e. The lowest BCUT2D eigenvalue weighted by Crippen LogP contribution is -2.51. The van der Waals surface area contributed by atoms with Crippen LogP contribution < -0.4 is 5.32 Å². The Kier molecular flexibility index (Phi) is 11.1. The highest BCUT2D eigenvalue weighted by Gasteiger charge is 2.59. The number of hydrogen-bond donors (Lipinski definition) is 6. The summed E-state index contributed by atoms with van der Waals surface area (Å²) in [5.74, 6) is 4.69. The van der Waals surface area contributed by atoms with E-state index in [9.17, 15) is 25.2 Å². The van der Waals surface area contributed by atoms with Gasteiger partial charge >= 0.3 is 6.09 Å². The van der Waals surface area contributed by atoms with Crippen molar-refractivity contribution in [3.8, 4) is 0 Å². The third kappa shape index (κ3) is 6.88. The Balaban J connectivity index is 1.31. The first-order valence-corrected chi connectivity index (χ1v) is 16.8. The lowest BCUT2D eigenvalue weighted by Gasteiger charge is -2.58. The summed E-state index contributed by atoms with van der Waals surface area (Å²) < 4.78 is 5.72. The van der Waals surface area contributed by atoms with Crippen LogP contribution in [0.5, 0.6) is 0 Å². The highest BCUT2D eigenvalue weighted by molar-refractivity contribution is 5.67. The molecule has 242 valence electrons. The van der Waals surface area contributed by atoms with E-state index < -0.39 is 37.1 Å². The van der Waals surface area contributed by atoms with Gasteiger partial charge in [0.15, 0.2) is 0 Å². The maximum Gasteiger partial charge on any atom is 0.407 e. The number of aliphatic hydroxyl groups excluding tert-OH is 5. The van der Waals surface area contributed by atoms with Crippen molar-refractivity contribution in [1.29, 1.82) is 0 Å². The van der Waals surface area contributed by atoms with Crippen molar-refractivity contribution in [2.45, 2.75) is 136 Å². The van der Waals surface area contributed by atoms with Gasteiger partial charge in [-0.25, -0.2) is 4.79 Å². The molecule has 42 heavy (non-hydrogen) atoms. The Bertz CT molecular complexity index is 941. The van der Waals surface area contributed by atoms with Crippen LogP contribution >= 0.6 is 0 Å². The van der Waals surface area contributed by atoms with Crippen LogP contribution in [0.1, 0.15) is 105 Å². The molecule has 0 spiro atoms. The summed E-state index contributed by atoms with van der Waals surface area (Å²) in [6, 6.07) is 0. The van der Waals surface area contributed by atoms with E-state index in [4.69, 9.17) is 9.84 Å². The molecule has 8 heteroatoms. The van der Waals surface area contributed by atoms with Gasteiger partial charge in [-0.05, 0) is 91.3 Å². The second-order valence-corrected chi connectivity index (χ2v) is 15.2. The molecule has 6 N–H and O–H groups in total. The summed E-state index contributed by atoms with van der Waals surface area (Å²) in [7, 11) is 0. The Hall–Kier alpha value is -1.19. The number of carbonyl (C=O) groups excluding carboxylic acids is 1. The highest BCUT2D eigenvalue weighted by Crippen LogP contribution is 2.67. The van der Waals surface area contributed by atoms with Crippen molar-refractivity contribution in [3.05, 3.63) is 11.6 Å². The van der Waals surface area contributed by atoms with E-state index >= 15 is 0 Å². The normalized spacial score (nSPS) is 37.9. The maximum atomic E-state index is 12.5. The monoisotopic (exact) mass is 593 g/mol. The quantitative estimate of drug-likeness (QED) is 0.182. The SMILES string of the molecule is CC(C)CCC[C@H](C)[C@@H]1CC[C@@H]2[C@H]3CC=C4C[C@H](OC(=O)NC[C@H](O)[C@H](O)[C@H](O)[C@@H](O)CO)CC[C@]4(C)[C@@H]3CC[C@@]21C. The smallest absolute Gasteiger partial charge is 0.407 e. The number of fused-ring (bicyclic) bond motifs is 5. The zero-order valence-corrected chi connectivity index (χ0v) is 26.7. The van der Waals surface area contributed by atoms with Gasteiger partial charge in [0.05, 0.1) is 12.7 Å². The van der Waals surface area contributed by atoms with E-state index in [-0.39, 0.29) is 18.1 Å². The van der Waals surface area contributed by atoms with Crippen LogP contribution in [0.2, 0.25) is 0 Å². The first-order valence-electron chi connectivity index (χ1n) is 16.8. The zero-order valence-electron chi connectivity index (χ0n) is 26.7.